The normalized spacial score (nSPS) is 16.4. The van der Waals surface area contributed by atoms with E-state index in [-0.39, 0.29) is 12.0 Å². The van der Waals surface area contributed by atoms with E-state index in [0.717, 1.165) is 6.26 Å². The Kier molecular flexibility index (Phi) is 3.55. The molecule has 0 radical (unpaired) electrons. The average Bonchev–Trinajstić information content (AvgIpc) is 2.69. The second kappa shape index (κ2) is 4.82. The molecule has 18 heavy (non-hydrogen) atoms. The van der Waals surface area contributed by atoms with Crippen LogP contribution in [0.3, 0.4) is 0 Å². The lowest BCUT2D eigenvalue weighted by Gasteiger charge is -2.37. The number of hydrogen-bond donors (Lipinski definition) is 1. The number of amides is 1. The topological polar surface area (TPSA) is 88.6 Å². The molecular formula is C9H13N3O4S2. The highest BCUT2D eigenvalue weighted by Gasteiger charge is 2.32. The van der Waals surface area contributed by atoms with Crippen LogP contribution in [0, 0.1) is 0 Å². The molecule has 0 unspecified atom stereocenters. The maximum absolute atomic E-state index is 11.3. The third kappa shape index (κ3) is 2.98. The van der Waals surface area contributed by atoms with Gasteiger partial charge < -0.3 is 10.2 Å². The summed E-state index contributed by atoms with van der Waals surface area (Å²) in [5.74, 6) is -0.234. The van der Waals surface area contributed by atoms with Gasteiger partial charge in [0, 0.05) is 25.5 Å². The summed E-state index contributed by atoms with van der Waals surface area (Å²) in [6.07, 6.45) is 0.704. The molecule has 0 spiro atoms. The van der Waals surface area contributed by atoms with Crippen molar-refractivity contribution in [2.75, 3.05) is 31.3 Å². The number of aromatic nitrogens is 1. The van der Waals surface area contributed by atoms with Crippen LogP contribution in [0.25, 0.3) is 0 Å². The molecule has 2 heterocycles. The molecule has 0 bridgehead atoms. The molecule has 0 aliphatic carbocycles. The van der Waals surface area contributed by atoms with E-state index in [1.54, 1.807) is 12.4 Å². The van der Waals surface area contributed by atoms with Crippen LogP contribution < -0.4 is 10.2 Å². The van der Waals surface area contributed by atoms with Gasteiger partial charge in [-0.15, -0.1) is 11.3 Å². The third-order valence-corrected chi connectivity index (χ3v) is 3.90. The van der Waals surface area contributed by atoms with Crippen molar-refractivity contribution in [2.45, 2.75) is 6.10 Å². The largest absolute Gasteiger partial charge is 0.354 e. The predicted octanol–water partition coefficient (Wildman–Crippen LogP) is -0.333. The predicted molar refractivity (Wildman–Crippen MR) is 67.4 cm³/mol. The summed E-state index contributed by atoms with van der Waals surface area (Å²) in [4.78, 5) is 17.3. The zero-order chi connectivity index (χ0) is 13.3. The SMILES string of the molecule is CNC(=O)c1csc(N2CC(OS(C)(=O)=O)C2)n1. The van der Waals surface area contributed by atoms with Gasteiger partial charge in [0.05, 0.1) is 6.26 Å². The van der Waals surface area contributed by atoms with Crippen molar-refractivity contribution < 1.29 is 17.4 Å². The monoisotopic (exact) mass is 291 g/mol. The number of thiazole rings is 1. The summed E-state index contributed by atoms with van der Waals surface area (Å²) in [6, 6.07) is 0. The first-order valence-electron chi connectivity index (χ1n) is 5.20. The van der Waals surface area contributed by atoms with Crippen molar-refractivity contribution in [3.63, 3.8) is 0 Å². The summed E-state index contributed by atoms with van der Waals surface area (Å²) in [5, 5.41) is 4.85. The summed E-state index contributed by atoms with van der Waals surface area (Å²) >= 11 is 1.35. The maximum Gasteiger partial charge on any atom is 0.270 e. The molecule has 1 aliphatic rings. The molecule has 1 saturated heterocycles. The lowest BCUT2D eigenvalue weighted by atomic mass is 10.2. The van der Waals surface area contributed by atoms with E-state index < -0.39 is 10.1 Å². The highest BCUT2D eigenvalue weighted by atomic mass is 32.2. The number of rotatable bonds is 4. The number of nitrogens with zero attached hydrogens (tertiary/aromatic N) is 2. The summed E-state index contributed by atoms with van der Waals surface area (Å²) in [7, 11) is -1.87. The standard InChI is InChI=1S/C9H13N3O4S2/c1-10-8(13)7-5-17-9(11-7)12-3-6(4-12)16-18(2,14)15/h5-6H,3-4H2,1-2H3,(H,10,13). The van der Waals surface area contributed by atoms with Crippen molar-refractivity contribution in [3.8, 4) is 0 Å². The van der Waals surface area contributed by atoms with Gasteiger partial charge in [0.1, 0.15) is 11.8 Å². The highest BCUT2D eigenvalue weighted by molar-refractivity contribution is 7.86. The van der Waals surface area contributed by atoms with Crippen molar-refractivity contribution in [2.24, 2.45) is 0 Å². The molecule has 2 rings (SSSR count). The van der Waals surface area contributed by atoms with Crippen LogP contribution in [0.5, 0.6) is 0 Å². The van der Waals surface area contributed by atoms with Gasteiger partial charge in [-0.25, -0.2) is 4.98 Å². The van der Waals surface area contributed by atoms with E-state index in [0.29, 0.717) is 23.9 Å². The van der Waals surface area contributed by atoms with Gasteiger partial charge in [0.15, 0.2) is 5.13 Å². The summed E-state index contributed by atoms with van der Waals surface area (Å²) in [5.41, 5.74) is 0.366. The number of carbonyl (C=O) groups is 1. The minimum atomic E-state index is -3.41. The molecule has 1 N–H and O–H groups in total. The van der Waals surface area contributed by atoms with Crippen LogP contribution in [-0.2, 0) is 14.3 Å². The van der Waals surface area contributed by atoms with Gasteiger partial charge in [-0.1, -0.05) is 0 Å². The molecule has 9 heteroatoms. The minimum Gasteiger partial charge on any atom is -0.354 e. The number of nitrogens with one attached hydrogen (secondary N) is 1. The Morgan fingerprint density at radius 2 is 2.28 bits per heavy atom. The van der Waals surface area contributed by atoms with E-state index >= 15 is 0 Å². The fourth-order valence-corrected chi connectivity index (χ4v) is 2.99. The van der Waals surface area contributed by atoms with Crippen LogP contribution in [0.4, 0.5) is 5.13 Å². The Hall–Kier alpha value is -1.19. The molecule has 7 nitrogen and oxygen atoms in total. The van der Waals surface area contributed by atoms with Gasteiger partial charge in [-0.3, -0.25) is 8.98 Å². The van der Waals surface area contributed by atoms with Gasteiger partial charge >= 0.3 is 0 Å². The van der Waals surface area contributed by atoms with E-state index in [1.165, 1.54) is 11.3 Å². The van der Waals surface area contributed by atoms with Crippen molar-refractivity contribution >= 4 is 32.5 Å². The molecule has 0 aromatic carbocycles. The fourth-order valence-electron chi connectivity index (χ4n) is 1.54. The first-order chi connectivity index (χ1) is 8.39. The lowest BCUT2D eigenvalue weighted by molar-refractivity contribution is 0.0959. The van der Waals surface area contributed by atoms with Gasteiger partial charge in [0.25, 0.3) is 16.0 Å². The first-order valence-corrected chi connectivity index (χ1v) is 7.89. The van der Waals surface area contributed by atoms with E-state index in [1.807, 2.05) is 4.90 Å². The molecule has 1 aromatic rings. The quantitative estimate of drug-likeness (QED) is 0.764. The Morgan fingerprint density at radius 1 is 1.61 bits per heavy atom. The van der Waals surface area contributed by atoms with Crippen LogP contribution in [0.15, 0.2) is 5.38 Å². The fraction of sp³-hybridized carbons (Fsp3) is 0.556. The molecule has 1 aliphatic heterocycles. The van der Waals surface area contributed by atoms with E-state index in [2.05, 4.69) is 10.3 Å². The average molecular weight is 291 g/mol. The minimum absolute atomic E-state index is 0.234. The molecule has 0 saturated carbocycles. The van der Waals surface area contributed by atoms with E-state index in [4.69, 9.17) is 4.18 Å². The maximum atomic E-state index is 11.3. The van der Waals surface area contributed by atoms with Gasteiger partial charge in [-0.05, 0) is 0 Å². The Morgan fingerprint density at radius 3 is 2.83 bits per heavy atom. The van der Waals surface area contributed by atoms with Crippen LogP contribution in [0.2, 0.25) is 0 Å². The van der Waals surface area contributed by atoms with Gasteiger partial charge in [-0.2, -0.15) is 8.42 Å². The van der Waals surface area contributed by atoms with E-state index in [9.17, 15) is 13.2 Å². The molecule has 1 aromatic heterocycles. The van der Waals surface area contributed by atoms with Gasteiger partial charge in [0.2, 0.25) is 0 Å². The van der Waals surface area contributed by atoms with Crippen LogP contribution >= 0.6 is 11.3 Å². The number of hydrogen-bond acceptors (Lipinski definition) is 7. The zero-order valence-corrected chi connectivity index (χ0v) is 11.5. The summed E-state index contributed by atoms with van der Waals surface area (Å²) in [6.45, 7) is 0.932. The molecule has 100 valence electrons. The zero-order valence-electron chi connectivity index (χ0n) is 9.91. The molecule has 1 fully saturated rings. The Balaban J connectivity index is 1.92. The smallest absolute Gasteiger partial charge is 0.270 e. The van der Waals surface area contributed by atoms with Crippen molar-refractivity contribution in [1.82, 2.24) is 10.3 Å². The Bertz CT molecular complexity index is 548. The molecular weight excluding hydrogens is 278 g/mol. The number of carbonyl (C=O) groups excluding carboxylic acids is 1. The second-order valence-corrected chi connectivity index (χ2v) is 6.36. The lowest BCUT2D eigenvalue weighted by Crippen LogP contribution is -2.53. The second-order valence-electron chi connectivity index (χ2n) is 3.92. The van der Waals surface area contributed by atoms with Crippen molar-refractivity contribution in [3.05, 3.63) is 11.1 Å². The molecule has 1 amide bonds. The van der Waals surface area contributed by atoms with Crippen molar-refractivity contribution in [1.29, 1.82) is 0 Å². The Labute approximate surface area is 109 Å². The number of anilines is 1. The van der Waals surface area contributed by atoms with Crippen LogP contribution in [-0.4, -0.2) is 51.8 Å². The highest BCUT2D eigenvalue weighted by Crippen LogP contribution is 2.26. The first kappa shape index (κ1) is 13.2. The van der Waals surface area contributed by atoms with Crippen LogP contribution in [0.1, 0.15) is 10.5 Å². The third-order valence-electron chi connectivity index (χ3n) is 2.38. The summed E-state index contributed by atoms with van der Waals surface area (Å²) < 4.78 is 26.6. The molecule has 0 atom stereocenters.